The molecule has 0 amide bonds. The summed E-state index contributed by atoms with van der Waals surface area (Å²) in [6.45, 7) is 0.520. The van der Waals surface area contributed by atoms with Crippen LogP contribution in [0.25, 0.3) is 11.3 Å². The minimum atomic E-state index is -0.234. The zero-order chi connectivity index (χ0) is 22.5. The molecule has 0 fully saturated rings. The van der Waals surface area contributed by atoms with Crippen LogP contribution >= 0.6 is 0 Å². The Morgan fingerprint density at radius 3 is 2.00 bits per heavy atom. The van der Waals surface area contributed by atoms with E-state index in [-0.39, 0.29) is 5.78 Å². The van der Waals surface area contributed by atoms with Gasteiger partial charge in [0.15, 0.2) is 17.3 Å². The molecule has 0 aliphatic carbocycles. The average molecular weight is 428 g/mol. The molecular formula is C26H24N2O4. The van der Waals surface area contributed by atoms with Gasteiger partial charge >= 0.3 is 0 Å². The molecule has 0 N–H and O–H groups in total. The van der Waals surface area contributed by atoms with E-state index in [1.807, 2.05) is 71.4 Å². The normalized spacial score (nSPS) is 10.6. The molecule has 6 nitrogen and oxygen atoms in total. The maximum Gasteiger partial charge on any atom is 0.228 e. The van der Waals surface area contributed by atoms with Crippen LogP contribution in [-0.2, 0) is 6.54 Å². The van der Waals surface area contributed by atoms with Gasteiger partial charge in [-0.1, -0.05) is 60.7 Å². The summed E-state index contributed by atoms with van der Waals surface area (Å²) in [7, 11) is 4.57. The predicted octanol–water partition coefficient (Wildman–Crippen LogP) is 4.86. The molecule has 0 saturated heterocycles. The van der Waals surface area contributed by atoms with Gasteiger partial charge in [0.2, 0.25) is 11.5 Å². The summed E-state index contributed by atoms with van der Waals surface area (Å²) in [5, 5.41) is 0. The molecule has 32 heavy (non-hydrogen) atoms. The Balaban J connectivity index is 1.81. The molecule has 0 radical (unpaired) electrons. The monoisotopic (exact) mass is 428 g/mol. The largest absolute Gasteiger partial charge is 0.493 e. The van der Waals surface area contributed by atoms with Crippen LogP contribution in [0.3, 0.4) is 0 Å². The predicted molar refractivity (Wildman–Crippen MR) is 123 cm³/mol. The third-order valence-electron chi connectivity index (χ3n) is 5.17. The van der Waals surface area contributed by atoms with E-state index < -0.39 is 0 Å². The van der Waals surface area contributed by atoms with Gasteiger partial charge in [-0.05, 0) is 17.7 Å². The Labute approximate surface area is 187 Å². The lowest BCUT2D eigenvalue weighted by Gasteiger charge is -2.14. The lowest BCUT2D eigenvalue weighted by Crippen LogP contribution is -2.12. The number of carbonyl (C=O) groups excluding carboxylic acids is 1. The van der Waals surface area contributed by atoms with E-state index in [9.17, 15) is 4.79 Å². The van der Waals surface area contributed by atoms with Crippen molar-refractivity contribution < 1.29 is 19.0 Å². The third kappa shape index (κ3) is 4.21. The molecule has 3 aromatic carbocycles. The Kier molecular flexibility index (Phi) is 6.22. The molecule has 0 atom stereocenters. The van der Waals surface area contributed by atoms with E-state index in [1.165, 1.54) is 21.3 Å². The van der Waals surface area contributed by atoms with Gasteiger partial charge in [0.25, 0.3) is 0 Å². The second-order valence-corrected chi connectivity index (χ2v) is 7.17. The molecule has 0 saturated carbocycles. The number of hydrogen-bond donors (Lipinski definition) is 0. The number of ether oxygens (including phenoxy) is 3. The zero-order valence-corrected chi connectivity index (χ0v) is 18.2. The number of ketones is 1. The Morgan fingerprint density at radius 2 is 1.44 bits per heavy atom. The van der Waals surface area contributed by atoms with E-state index in [2.05, 4.69) is 0 Å². The highest BCUT2D eigenvalue weighted by molar-refractivity contribution is 6.08. The fourth-order valence-electron chi connectivity index (χ4n) is 3.59. The van der Waals surface area contributed by atoms with Crippen molar-refractivity contribution in [2.45, 2.75) is 6.54 Å². The van der Waals surface area contributed by atoms with Crippen LogP contribution < -0.4 is 14.2 Å². The molecule has 4 rings (SSSR count). The number of benzene rings is 3. The van der Waals surface area contributed by atoms with E-state index in [0.29, 0.717) is 35.2 Å². The number of imidazole rings is 1. The second kappa shape index (κ2) is 9.39. The molecule has 6 heteroatoms. The zero-order valence-electron chi connectivity index (χ0n) is 18.2. The summed E-state index contributed by atoms with van der Waals surface area (Å²) in [6.07, 6.45) is 1.91. The molecule has 1 aromatic heterocycles. The molecule has 1 heterocycles. The number of carbonyl (C=O) groups is 1. The Bertz CT molecular complexity index is 1190. The van der Waals surface area contributed by atoms with Gasteiger partial charge in [-0.15, -0.1) is 0 Å². The van der Waals surface area contributed by atoms with Gasteiger partial charge in [-0.25, -0.2) is 4.98 Å². The van der Waals surface area contributed by atoms with Crippen molar-refractivity contribution in [2.75, 3.05) is 21.3 Å². The summed E-state index contributed by atoms with van der Waals surface area (Å²) in [6, 6.07) is 23.1. The van der Waals surface area contributed by atoms with E-state index in [1.54, 1.807) is 12.1 Å². The van der Waals surface area contributed by atoms with Crippen LogP contribution in [0, 0.1) is 0 Å². The Morgan fingerprint density at radius 1 is 0.844 bits per heavy atom. The lowest BCUT2D eigenvalue weighted by atomic mass is 10.1. The van der Waals surface area contributed by atoms with Crippen molar-refractivity contribution in [2.24, 2.45) is 0 Å². The van der Waals surface area contributed by atoms with Crippen LogP contribution in [0.1, 0.15) is 21.7 Å². The molecule has 4 aromatic rings. The van der Waals surface area contributed by atoms with Gasteiger partial charge in [-0.2, -0.15) is 0 Å². The van der Waals surface area contributed by atoms with Crippen molar-refractivity contribution in [3.8, 4) is 28.5 Å². The number of hydrogen-bond acceptors (Lipinski definition) is 5. The summed E-state index contributed by atoms with van der Waals surface area (Å²) >= 11 is 0. The van der Waals surface area contributed by atoms with E-state index in [0.717, 1.165) is 16.8 Å². The first kappa shape index (κ1) is 21.2. The van der Waals surface area contributed by atoms with Crippen molar-refractivity contribution in [1.29, 1.82) is 0 Å². The van der Waals surface area contributed by atoms with Crippen LogP contribution in [0.15, 0.2) is 79.0 Å². The fraction of sp³-hybridized carbons (Fsp3) is 0.154. The highest BCUT2D eigenvalue weighted by atomic mass is 16.5. The van der Waals surface area contributed by atoms with Gasteiger partial charge in [0.05, 0.1) is 27.0 Å². The minimum Gasteiger partial charge on any atom is -0.493 e. The van der Waals surface area contributed by atoms with Crippen molar-refractivity contribution in [3.63, 3.8) is 0 Å². The smallest absolute Gasteiger partial charge is 0.228 e. The number of aromatic nitrogens is 2. The van der Waals surface area contributed by atoms with Crippen molar-refractivity contribution in [1.82, 2.24) is 9.55 Å². The van der Waals surface area contributed by atoms with Crippen molar-refractivity contribution in [3.05, 3.63) is 95.9 Å². The highest BCUT2D eigenvalue weighted by Gasteiger charge is 2.23. The molecule has 0 spiro atoms. The van der Waals surface area contributed by atoms with Gasteiger partial charge in [0, 0.05) is 23.9 Å². The van der Waals surface area contributed by atoms with Crippen LogP contribution in [0.2, 0.25) is 0 Å². The second-order valence-electron chi connectivity index (χ2n) is 7.17. The van der Waals surface area contributed by atoms with E-state index >= 15 is 0 Å². The molecule has 0 aliphatic heterocycles. The lowest BCUT2D eigenvalue weighted by molar-refractivity contribution is 0.102. The topological polar surface area (TPSA) is 62.6 Å². The van der Waals surface area contributed by atoms with Crippen LogP contribution in [0.5, 0.6) is 17.2 Å². The quantitative estimate of drug-likeness (QED) is 0.375. The molecular weight excluding hydrogens is 404 g/mol. The first-order valence-corrected chi connectivity index (χ1v) is 10.2. The average Bonchev–Trinajstić information content (AvgIpc) is 3.27. The maximum absolute atomic E-state index is 13.6. The maximum atomic E-state index is 13.6. The molecule has 162 valence electrons. The standard InChI is InChI=1S/C26H24N2O4/c1-30-22-14-20(15-23(31-2)25(22)32-3)24(29)26-27-21(19-12-8-5-9-13-19)17-28(26)16-18-10-6-4-7-11-18/h4-15,17H,16H2,1-3H3. The van der Waals surface area contributed by atoms with Crippen LogP contribution in [-0.4, -0.2) is 36.7 Å². The summed E-state index contributed by atoms with van der Waals surface area (Å²) in [4.78, 5) is 18.3. The van der Waals surface area contributed by atoms with Gasteiger partial charge in [0.1, 0.15) is 0 Å². The molecule has 0 unspecified atom stereocenters. The first-order valence-electron chi connectivity index (χ1n) is 10.2. The molecule has 0 bridgehead atoms. The highest BCUT2D eigenvalue weighted by Crippen LogP contribution is 2.38. The Hall–Kier alpha value is -4.06. The minimum absolute atomic E-state index is 0.234. The van der Waals surface area contributed by atoms with Gasteiger partial charge in [-0.3, -0.25) is 4.79 Å². The van der Waals surface area contributed by atoms with E-state index in [4.69, 9.17) is 19.2 Å². The molecule has 0 aliphatic rings. The van der Waals surface area contributed by atoms with Crippen molar-refractivity contribution >= 4 is 5.78 Å². The first-order chi connectivity index (χ1) is 15.6. The van der Waals surface area contributed by atoms with Crippen LogP contribution in [0.4, 0.5) is 0 Å². The number of methoxy groups -OCH3 is 3. The SMILES string of the molecule is COc1cc(C(=O)c2nc(-c3ccccc3)cn2Cc2ccccc2)cc(OC)c1OC. The third-order valence-corrected chi connectivity index (χ3v) is 5.17. The number of nitrogens with zero attached hydrogens (tertiary/aromatic N) is 2. The summed E-state index contributed by atoms with van der Waals surface area (Å²) in [5.41, 5.74) is 3.15. The summed E-state index contributed by atoms with van der Waals surface area (Å²) in [5.74, 6) is 1.37. The number of rotatable bonds is 8. The van der Waals surface area contributed by atoms with Gasteiger partial charge < -0.3 is 18.8 Å². The fourth-order valence-corrected chi connectivity index (χ4v) is 3.59. The summed E-state index contributed by atoms with van der Waals surface area (Å²) < 4.78 is 18.1.